The predicted octanol–water partition coefficient (Wildman–Crippen LogP) is 0.502. The minimum Gasteiger partial charge on any atom is -0.479 e. The Kier molecular flexibility index (Phi) is 5.88. The van der Waals surface area contributed by atoms with Crippen molar-refractivity contribution < 1.29 is 14.6 Å². The zero-order chi connectivity index (χ0) is 12.8. The number of likely N-dealkylation sites (N-methyl/N-ethyl adjacent to an activating group) is 1. The molecule has 100 valence electrons. The van der Waals surface area contributed by atoms with Crippen molar-refractivity contribution in [1.29, 1.82) is 0 Å². The summed E-state index contributed by atoms with van der Waals surface area (Å²) in [6.45, 7) is 5.18. The van der Waals surface area contributed by atoms with Crippen molar-refractivity contribution in [2.45, 2.75) is 31.9 Å². The lowest BCUT2D eigenvalue weighted by atomic mass is 10.2. The first-order chi connectivity index (χ1) is 8.04. The highest BCUT2D eigenvalue weighted by atomic mass is 16.5. The summed E-state index contributed by atoms with van der Waals surface area (Å²) >= 11 is 0. The number of carboxylic acids is 1. The van der Waals surface area contributed by atoms with E-state index in [-0.39, 0.29) is 0 Å². The fraction of sp³-hybridized carbons (Fsp3) is 0.917. The van der Waals surface area contributed by atoms with Gasteiger partial charge in [0.1, 0.15) is 0 Å². The van der Waals surface area contributed by atoms with Crippen LogP contribution in [0.15, 0.2) is 0 Å². The lowest BCUT2D eigenvalue weighted by Crippen LogP contribution is -2.34. The molecule has 0 saturated carbocycles. The lowest BCUT2D eigenvalue weighted by molar-refractivity contribution is -0.150. The minimum absolute atomic E-state index is 0.456. The molecule has 1 N–H and O–H groups in total. The Morgan fingerprint density at radius 2 is 2.29 bits per heavy atom. The van der Waals surface area contributed by atoms with Crippen molar-refractivity contribution in [2.75, 3.05) is 40.3 Å². The van der Waals surface area contributed by atoms with Crippen LogP contribution < -0.4 is 0 Å². The molecular formula is C12H24N2O3. The maximum Gasteiger partial charge on any atom is 0.332 e. The topological polar surface area (TPSA) is 53.0 Å². The third-order valence-electron chi connectivity index (χ3n) is 3.33. The Balaban J connectivity index is 2.28. The normalized spacial score (nSPS) is 23.2. The van der Waals surface area contributed by atoms with Crippen molar-refractivity contribution >= 4 is 5.97 Å². The van der Waals surface area contributed by atoms with Gasteiger partial charge in [0.25, 0.3) is 0 Å². The Morgan fingerprint density at radius 3 is 2.76 bits per heavy atom. The van der Waals surface area contributed by atoms with Crippen LogP contribution in [0.4, 0.5) is 0 Å². The molecular weight excluding hydrogens is 220 g/mol. The van der Waals surface area contributed by atoms with Gasteiger partial charge in [0.2, 0.25) is 0 Å². The van der Waals surface area contributed by atoms with Gasteiger partial charge in [0.15, 0.2) is 6.10 Å². The van der Waals surface area contributed by atoms with Crippen LogP contribution in [0.25, 0.3) is 0 Å². The molecule has 5 heteroatoms. The van der Waals surface area contributed by atoms with E-state index in [0.717, 1.165) is 19.6 Å². The van der Waals surface area contributed by atoms with Crippen molar-refractivity contribution in [2.24, 2.45) is 0 Å². The van der Waals surface area contributed by atoms with E-state index in [4.69, 9.17) is 9.84 Å². The van der Waals surface area contributed by atoms with Gasteiger partial charge in [0, 0.05) is 25.7 Å². The summed E-state index contributed by atoms with van der Waals surface area (Å²) in [7, 11) is 4.18. The molecule has 0 bridgehead atoms. The molecule has 1 aliphatic rings. The zero-order valence-corrected chi connectivity index (χ0v) is 11.1. The van der Waals surface area contributed by atoms with Gasteiger partial charge < -0.3 is 19.6 Å². The average Bonchev–Trinajstić information content (AvgIpc) is 2.72. The van der Waals surface area contributed by atoms with Gasteiger partial charge in [-0.25, -0.2) is 4.79 Å². The molecule has 1 rings (SSSR count). The highest BCUT2D eigenvalue weighted by Crippen LogP contribution is 2.14. The number of nitrogens with zero attached hydrogens (tertiary/aromatic N) is 2. The molecule has 2 unspecified atom stereocenters. The summed E-state index contributed by atoms with van der Waals surface area (Å²) in [6, 6.07) is 0.602. The highest BCUT2D eigenvalue weighted by Gasteiger charge is 2.25. The molecule has 0 spiro atoms. The van der Waals surface area contributed by atoms with Gasteiger partial charge in [0.05, 0.1) is 0 Å². The second-order valence-electron chi connectivity index (χ2n) is 4.78. The molecule has 0 aliphatic carbocycles. The van der Waals surface area contributed by atoms with Crippen molar-refractivity contribution in [3.8, 4) is 0 Å². The van der Waals surface area contributed by atoms with Crippen LogP contribution in [-0.2, 0) is 9.53 Å². The van der Waals surface area contributed by atoms with Gasteiger partial charge in [-0.3, -0.25) is 0 Å². The summed E-state index contributed by atoms with van der Waals surface area (Å²) in [5.74, 6) is -0.852. The van der Waals surface area contributed by atoms with Crippen molar-refractivity contribution in [3.05, 3.63) is 0 Å². The number of aliphatic carboxylic acids is 1. The Hall–Kier alpha value is -0.650. The number of carbonyl (C=O) groups is 1. The van der Waals surface area contributed by atoms with Gasteiger partial charge in [-0.05, 0) is 40.4 Å². The fourth-order valence-electron chi connectivity index (χ4n) is 2.22. The molecule has 0 amide bonds. The van der Waals surface area contributed by atoms with Crippen LogP contribution in [0, 0.1) is 0 Å². The van der Waals surface area contributed by atoms with E-state index < -0.39 is 12.1 Å². The summed E-state index contributed by atoms with van der Waals surface area (Å²) in [5.41, 5.74) is 0. The number of likely N-dealkylation sites (tertiary alicyclic amines) is 1. The predicted molar refractivity (Wildman–Crippen MR) is 66.2 cm³/mol. The van der Waals surface area contributed by atoms with Gasteiger partial charge in [-0.1, -0.05) is 0 Å². The monoisotopic (exact) mass is 244 g/mol. The second kappa shape index (κ2) is 6.93. The lowest BCUT2D eigenvalue weighted by Gasteiger charge is -2.21. The van der Waals surface area contributed by atoms with E-state index in [1.54, 1.807) is 0 Å². The van der Waals surface area contributed by atoms with Crippen molar-refractivity contribution in [3.63, 3.8) is 0 Å². The van der Waals surface area contributed by atoms with Crippen LogP contribution in [0.3, 0.4) is 0 Å². The average molecular weight is 244 g/mol. The van der Waals surface area contributed by atoms with E-state index in [9.17, 15) is 4.79 Å². The van der Waals surface area contributed by atoms with E-state index in [1.165, 1.54) is 6.42 Å². The largest absolute Gasteiger partial charge is 0.479 e. The van der Waals surface area contributed by atoms with E-state index in [1.807, 2.05) is 6.92 Å². The van der Waals surface area contributed by atoms with E-state index in [0.29, 0.717) is 19.1 Å². The first-order valence-corrected chi connectivity index (χ1v) is 6.27. The summed E-state index contributed by atoms with van der Waals surface area (Å²) in [4.78, 5) is 15.5. The van der Waals surface area contributed by atoms with Gasteiger partial charge in [-0.15, -0.1) is 0 Å². The summed E-state index contributed by atoms with van der Waals surface area (Å²) in [5, 5.41) is 8.97. The molecule has 1 heterocycles. The third kappa shape index (κ3) is 4.61. The quantitative estimate of drug-likeness (QED) is 0.707. The highest BCUT2D eigenvalue weighted by molar-refractivity contribution is 5.72. The second-order valence-corrected chi connectivity index (χ2v) is 4.78. The maximum absolute atomic E-state index is 10.9. The zero-order valence-electron chi connectivity index (χ0n) is 11.1. The van der Waals surface area contributed by atoms with Crippen LogP contribution >= 0.6 is 0 Å². The maximum atomic E-state index is 10.9. The van der Waals surface area contributed by atoms with Crippen LogP contribution in [0.1, 0.15) is 19.8 Å². The number of rotatable bonds is 7. The van der Waals surface area contributed by atoms with Crippen LogP contribution in [0.2, 0.25) is 0 Å². The Morgan fingerprint density at radius 1 is 1.59 bits per heavy atom. The Bertz CT molecular complexity index is 246. The fourth-order valence-corrected chi connectivity index (χ4v) is 2.22. The van der Waals surface area contributed by atoms with E-state index in [2.05, 4.69) is 23.9 Å². The SMILES string of the molecule is CCOC(CCN1CCC(N(C)C)C1)C(=O)O. The molecule has 1 fully saturated rings. The molecule has 17 heavy (non-hydrogen) atoms. The summed E-state index contributed by atoms with van der Waals surface area (Å²) in [6.07, 6.45) is 1.08. The molecule has 1 saturated heterocycles. The van der Waals surface area contributed by atoms with Gasteiger partial charge >= 0.3 is 5.97 Å². The molecule has 0 radical (unpaired) electrons. The molecule has 1 aliphatic heterocycles. The standard InChI is InChI=1S/C12H24N2O3/c1-4-17-11(12(15)16)6-8-14-7-5-10(9-14)13(2)3/h10-11H,4-9H2,1-3H3,(H,15,16). The number of ether oxygens (including phenoxy) is 1. The number of hydrogen-bond donors (Lipinski definition) is 1. The first-order valence-electron chi connectivity index (χ1n) is 6.27. The molecule has 5 nitrogen and oxygen atoms in total. The minimum atomic E-state index is -0.852. The first kappa shape index (κ1) is 14.4. The number of carboxylic acid groups (broad SMARTS) is 1. The summed E-state index contributed by atoms with van der Waals surface area (Å²) < 4.78 is 5.20. The molecule has 0 aromatic carbocycles. The molecule has 0 aromatic rings. The van der Waals surface area contributed by atoms with Crippen LogP contribution in [-0.4, -0.2) is 73.4 Å². The molecule has 0 aromatic heterocycles. The number of hydrogen-bond acceptors (Lipinski definition) is 4. The smallest absolute Gasteiger partial charge is 0.332 e. The molecule has 2 atom stereocenters. The Labute approximate surface area is 103 Å². The van der Waals surface area contributed by atoms with Gasteiger partial charge in [-0.2, -0.15) is 0 Å². The third-order valence-corrected chi connectivity index (χ3v) is 3.33. The van der Waals surface area contributed by atoms with E-state index >= 15 is 0 Å². The van der Waals surface area contributed by atoms with Crippen molar-refractivity contribution in [1.82, 2.24) is 9.80 Å². The van der Waals surface area contributed by atoms with Crippen LogP contribution in [0.5, 0.6) is 0 Å².